The second kappa shape index (κ2) is 48.5. The van der Waals surface area contributed by atoms with Gasteiger partial charge < -0.3 is 14.2 Å². The van der Waals surface area contributed by atoms with E-state index in [2.05, 4.69) is 87.6 Å². The number of carbonyl (C=O) groups excluding carboxylic acids is 3. The normalized spacial score (nSPS) is 12.7. The third-order valence-electron chi connectivity index (χ3n) is 10.5. The first kappa shape index (κ1) is 56.9. The summed E-state index contributed by atoms with van der Waals surface area (Å²) in [4.78, 5) is 37.9. The Morgan fingerprint density at radius 1 is 0.367 bits per heavy atom. The zero-order valence-electron chi connectivity index (χ0n) is 39.2. The highest BCUT2D eigenvalue weighted by molar-refractivity contribution is 5.71. The largest absolute Gasteiger partial charge is 0.462 e. The van der Waals surface area contributed by atoms with Gasteiger partial charge in [-0.2, -0.15) is 0 Å². The van der Waals surface area contributed by atoms with Crippen LogP contribution in [0.3, 0.4) is 0 Å². The van der Waals surface area contributed by atoms with Crippen molar-refractivity contribution < 1.29 is 28.6 Å². The van der Waals surface area contributed by atoms with Crippen molar-refractivity contribution in [3.8, 4) is 0 Å². The molecule has 0 aliphatic rings. The van der Waals surface area contributed by atoms with E-state index < -0.39 is 6.10 Å². The molecule has 0 saturated carbocycles. The summed E-state index contributed by atoms with van der Waals surface area (Å²) in [6.45, 7) is 6.42. The van der Waals surface area contributed by atoms with E-state index in [-0.39, 0.29) is 37.5 Å². The van der Waals surface area contributed by atoms with Crippen molar-refractivity contribution in [3.63, 3.8) is 0 Å². The standard InChI is InChI=1S/C54H92O6/c1-4-7-10-13-16-19-22-25-27-30-32-35-38-41-44-47-53(56)59-50-51(49-58-52(55)46-43-40-37-34-31-28-24-21-18-15-12-9-6-3)60-54(57)48-45-42-39-36-33-29-26-23-20-17-14-11-8-5-2/h8,11,16-17,19-20,22,25,28,31,37,40,51H,4-7,9-10,12-15,18,21,23-24,26-27,29-30,32-36,38-39,41-50H2,1-3H3/b11-8+,19-16+,20-17+,25-22+,31-28+,40-37+. The molecule has 60 heavy (non-hydrogen) atoms. The van der Waals surface area contributed by atoms with Crippen LogP contribution in [-0.4, -0.2) is 37.2 Å². The Balaban J connectivity index is 4.48. The number of carbonyl (C=O) groups is 3. The Labute approximate surface area is 370 Å². The molecule has 1 atom stereocenters. The summed E-state index contributed by atoms with van der Waals surface area (Å²) < 4.78 is 16.7. The topological polar surface area (TPSA) is 78.9 Å². The highest BCUT2D eigenvalue weighted by atomic mass is 16.6. The molecule has 0 bridgehead atoms. The minimum absolute atomic E-state index is 0.102. The van der Waals surface area contributed by atoms with Gasteiger partial charge in [-0.05, 0) is 89.9 Å². The van der Waals surface area contributed by atoms with E-state index in [1.165, 1.54) is 109 Å². The van der Waals surface area contributed by atoms with Crippen molar-refractivity contribution in [2.24, 2.45) is 0 Å². The molecule has 0 radical (unpaired) electrons. The second-order valence-electron chi connectivity index (χ2n) is 16.4. The maximum absolute atomic E-state index is 12.8. The van der Waals surface area contributed by atoms with Gasteiger partial charge in [-0.25, -0.2) is 0 Å². The van der Waals surface area contributed by atoms with E-state index in [1.807, 2.05) is 6.08 Å². The van der Waals surface area contributed by atoms with Crippen LogP contribution >= 0.6 is 0 Å². The average molecular weight is 837 g/mol. The summed E-state index contributed by atoms with van der Waals surface area (Å²) in [7, 11) is 0. The predicted molar refractivity (Wildman–Crippen MR) is 256 cm³/mol. The van der Waals surface area contributed by atoms with Crippen LogP contribution in [-0.2, 0) is 28.6 Å². The van der Waals surface area contributed by atoms with Gasteiger partial charge in [-0.3, -0.25) is 14.4 Å². The number of rotatable bonds is 44. The Bertz CT molecular complexity index is 1140. The zero-order chi connectivity index (χ0) is 43.7. The molecule has 0 saturated heterocycles. The molecule has 0 aromatic rings. The van der Waals surface area contributed by atoms with E-state index in [9.17, 15) is 14.4 Å². The molecule has 0 fully saturated rings. The van der Waals surface area contributed by atoms with Crippen molar-refractivity contribution in [1.82, 2.24) is 0 Å². The van der Waals surface area contributed by atoms with Crippen LogP contribution in [0.1, 0.15) is 233 Å². The lowest BCUT2D eigenvalue weighted by Gasteiger charge is -2.18. The first-order valence-corrected chi connectivity index (χ1v) is 25.0. The number of hydrogen-bond acceptors (Lipinski definition) is 6. The predicted octanol–water partition coefficient (Wildman–Crippen LogP) is 16.3. The molecule has 0 aliphatic heterocycles. The minimum atomic E-state index is -0.806. The summed E-state index contributed by atoms with van der Waals surface area (Å²) in [6, 6.07) is 0. The molecular formula is C54H92O6. The number of hydrogen-bond donors (Lipinski definition) is 0. The second-order valence-corrected chi connectivity index (χ2v) is 16.4. The van der Waals surface area contributed by atoms with Crippen LogP contribution in [0, 0.1) is 0 Å². The number of ether oxygens (including phenoxy) is 3. The molecule has 0 aromatic carbocycles. The van der Waals surface area contributed by atoms with Gasteiger partial charge in [-0.15, -0.1) is 0 Å². The van der Waals surface area contributed by atoms with Crippen molar-refractivity contribution in [1.29, 1.82) is 0 Å². The van der Waals surface area contributed by atoms with Gasteiger partial charge in [0.1, 0.15) is 13.2 Å². The molecule has 0 rings (SSSR count). The molecule has 0 heterocycles. The van der Waals surface area contributed by atoms with E-state index in [4.69, 9.17) is 14.2 Å². The Morgan fingerprint density at radius 3 is 1.23 bits per heavy atom. The fourth-order valence-corrected chi connectivity index (χ4v) is 6.70. The van der Waals surface area contributed by atoms with Gasteiger partial charge in [0, 0.05) is 19.3 Å². The van der Waals surface area contributed by atoms with Crippen LogP contribution in [0.25, 0.3) is 0 Å². The molecule has 0 amide bonds. The summed E-state index contributed by atoms with van der Waals surface area (Å²) in [5.74, 6) is -0.993. The monoisotopic (exact) mass is 837 g/mol. The third-order valence-corrected chi connectivity index (χ3v) is 10.5. The maximum Gasteiger partial charge on any atom is 0.306 e. The van der Waals surface area contributed by atoms with Gasteiger partial charge in [0.25, 0.3) is 0 Å². The van der Waals surface area contributed by atoms with Gasteiger partial charge >= 0.3 is 17.9 Å². The lowest BCUT2D eigenvalue weighted by Crippen LogP contribution is -2.30. The Kier molecular flexibility index (Phi) is 46.0. The number of allylic oxidation sites excluding steroid dienone is 12. The van der Waals surface area contributed by atoms with E-state index in [0.717, 1.165) is 77.0 Å². The van der Waals surface area contributed by atoms with Gasteiger partial charge in [0.05, 0.1) is 0 Å². The molecule has 1 unspecified atom stereocenters. The molecule has 344 valence electrons. The van der Waals surface area contributed by atoms with E-state index >= 15 is 0 Å². The number of esters is 3. The molecule has 0 spiro atoms. The van der Waals surface area contributed by atoms with E-state index in [1.54, 1.807) is 0 Å². The number of unbranched alkanes of at least 4 members (excludes halogenated alkanes) is 22. The summed E-state index contributed by atoms with van der Waals surface area (Å²) in [6.07, 6.45) is 60.3. The molecule has 0 aliphatic carbocycles. The Hall–Kier alpha value is -3.15. The van der Waals surface area contributed by atoms with Crippen molar-refractivity contribution in [2.45, 2.75) is 239 Å². The summed E-state index contributed by atoms with van der Waals surface area (Å²) >= 11 is 0. The average Bonchev–Trinajstić information content (AvgIpc) is 3.24. The fraction of sp³-hybridized carbons (Fsp3) is 0.722. The summed E-state index contributed by atoms with van der Waals surface area (Å²) in [5, 5.41) is 0. The lowest BCUT2D eigenvalue weighted by atomic mass is 10.1. The van der Waals surface area contributed by atoms with Gasteiger partial charge in [0.15, 0.2) is 6.10 Å². The molecule has 0 aromatic heterocycles. The van der Waals surface area contributed by atoms with Crippen LogP contribution in [0.5, 0.6) is 0 Å². The molecular weight excluding hydrogens is 745 g/mol. The zero-order valence-corrected chi connectivity index (χ0v) is 39.2. The quantitative estimate of drug-likeness (QED) is 0.0200. The molecule has 6 heteroatoms. The maximum atomic E-state index is 12.8. The minimum Gasteiger partial charge on any atom is -0.462 e. The van der Waals surface area contributed by atoms with Crippen LogP contribution < -0.4 is 0 Å². The van der Waals surface area contributed by atoms with Crippen molar-refractivity contribution in [2.75, 3.05) is 13.2 Å². The Morgan fingerprint density at radius 2 is 0.733 bits per heavy atom. The van der Waals surface area contributed by atoms with Crippen LogP contribution in [0.4, 0.5) is 0 Å². The van der Waals surface area contributed by atoms with Gasteiger partial charge in [-0.1, -0.05) is 196 Å². The first-order valence-electron chi connectivity index (χ1n) is 25.0. The summed E-state index contributed by atoms with van der Waals surface area (Å²) in [5.41, 5.74) is 0. The van der Waals surface area contributed by atoms with Crippen LogP contribution in [0.2, 0.25) is 0 Å². The van der Waals surface area contributed by atoms with E-state index in [0.29, 0.717) is 19.3 Å². The third kappa shape index (κ3) is 45.9. The van der Waals surface area contributed by atoms with Crippen LogP contribution in [0.15, 0.2) is 72.9 Å². The van der Waals surface area contributed by atoms with Crippen molar-refractivity contribution in [3.05, 3.63) is 72.9 Å². The van der Waals surface area contributed by atoms with Gasteiger partial charge in [0.2, 0.25) is 0 Å². The smallest absolute Gasteiger partial charge is 0.306 e. The lowest BCUT2D eigenvalue weighted by molar-refractivity contribution is -0.166. The van der Waals surface area contributed by atoms with Crippen molar-refractivity contribution >= 4 is 17.9 Å². The fourth-order valence-electron chi connectivity index (χ4n) is 6.70. The first-order chi connectivity index (χ1) is 29.5. The SMILES string of the molecule is CC/C=C/C/C=C/CCCCCCCCCC(=O)OC(COC(=O)CC/C=C/C/C=C/CCCCCCCC)COC(=O)CCCCCCCC/C=C/C=C/CCCCC. The molecule has 0 N–H and O–H groups in total. The highest BCUT2D eigenvalue weighted by Crippen LogP contribution is 2.13. The highest BCUT2D eigenvalue weighted by Gasteiger charge is 2.19. The molecule has 6 nitrogen and oxygen atoms in total.